The molecular formula is C17H20N2O5. The van der Waals surface area contributed by atoms with Gasteiger partial charge in [0.2, 0.25) is 0 Å². The quantitative estimate of drug-likeness (QED) is 0.748. The van der Waals surface area contributed by atoms with Crippen molar-refractivity contribution in [3.8, 4) is 5.75 Å². The summed E-state index contributed by atoms with van der Waals surface area (Å²) in [7, 11) is 3.08. The predicted octanol–water partition coefficient (Wildman–Crippen LogP) is 1.41. The van der Waals surface area contributed by atoms with E-state index in [1.165, 1.54) is 13.4 Å². The summed E-state index contributed by atoms with van der Waals surface area (Å²) in [5.74, 6) is -0.125. The van der Waals surface area contributed by atoms with E-state index in [-0.39, 0.29) is 13.1 Å². The molecule has 0 spiro atoms. The third-order valence-corrected chi connectivity index (χ3v) is 3.41. The minimum atomic E-state index is -0.725. The number of amides is 2. The standard InChI is InChI=1S/C17H20N2O5/c1-22-13-7-5-12(6-8-13)10-18-16(20)17(21)19-11-15(23-2)14-4-3-9-24-14/h3-9,15H,10-11H2,1-2H3,(H,18,20)(H,19,21). The predicted molar refractivity (Wildman–Crippen MR) is 86.3 cm³/mol. The second-order valence-corrected chi connectivity index (χ2v) is 4.98. The Morgan fingerprint density at radius 2 is 1.79 bits per heavy atom. The summed E-state index contributed by atoms with van der Waals surface area (Å²) in [5, 5.41) is 5.08. The molecule has 0 radical (unpaired) electrons. The first-order chi connectivity index (χ1) is 11.6. The second kappa shape index (κ2) is 8.73. The van der Waals surface area contributed by atoms with Crippen molar-refractivity contribution in [3.05, 3.63) is 54.0 Å². The van der Waals surface area contributed by atoms with E-state index in [2.05, 4.69) is 10.6 Å². The topological polar surface area (TPSA) is 89.8 Å². The largest absolute Gasteiger partial charge is 0.497 e. The molecule has 7 nitrogen and oxygen atoms in total. The third kappa shape index (κ3) is 4.85. The number of methoxy groups -OCH3 is 2. The van der Waals surface area contributed by atoms with Crippen LogP contribution in [0.25, 0.3) is 0 Å². The Bertz CT molecular complexity index is 652. The zero-order valence-electron chi connectivity index (χ0n) is 13.6. The molecule has 2 aromatic rings. The molecule has 2 amide bonds. The van der Waals surface area contributed by atoms with Crippen LogP contribution >= 0.6 is 0 Å². The molecule has 1 atom stereocenters. The SMILES string of the molecule is COc1ccc(CNC(=O)C(=O)NCC(OC)c2ccco2)cc1. The summed E-state index contributed by atoms with van der Waals surface area (Å²) < 4.78 is 15.5. The van der Waals surface area contributed by atoms with Gasteiger partial charge >= 0.3 is 11.8 Å². The number of hydrogen-bond donors (Lipinski definition) is 2. The van der Waals surface area contributed by atoms with Crippen LogP contribution in [0.5, 0.6) is 5.75 Å². The average molecular weight is 332 g/mol. The Kier molecular flexibility index (Phi) is 6.39. The third-order valence-electron chi connectivity index (χ3n) is 3.41. The fourth-order valence-electron chi connectivity index (χ4n) is 2.05. The molecule has 1 aromatic carbocycles. The Labute approximate surface area is 139 Å². The van der Waals surface area contributed by atoms with Crippen molar-refractivity contribution < 1.29 is 23.5 Å². The first-order valence-electron chi connectivity index (χ1n) is 7.39. The molecule has 0 bridgehead atoms. The molecule has 24 heavy (non-hydrogen) atoms. The molecule has 0 saturated carbocycles. The molecule has 7 heteroatoms. The highest BCUT2D eigenvalue weighted by molar-refractivity contribution is 6.35. The van der Waals surface area contributed by atoms with Crippen LogP contribution in [0.3, 0.4) is 0 Å². The van der Waals surface area contributed by atoms with Crippen LogP contribution in [-0.2, 0) is 20.9 Å². The number of rotatable bonds is 7. The van der Waals surface area contributed by atoms with Gasteiger partial charge in [-0.25, -0.2) is 0 Å². The number of nitrogens with one attached hydrogen (secondary N) is 2. The van der Waals surface area contributed by atoms with E-state index in [0.29, 0.717) is 5.76 Å². The molecule has 1 aromatic heterocycles. The fraction of sp³-hybridized carbons (Fsp3) is 0.294. The Morgan fingerprint density at radius 1 is 1.08 bits per heavy atom. The number of carbonyl (C=O) groups is 2. The maximum absolute atomic E-state index is 11.8. The van der Waals surface area contributed by atoms with Gasteiger partial charge in [-0.05, 0) is 29.8 Å². The van der Waals surface area contributed by atoms with Gasteiger partial charge in [0, 0.05) is 13.7 Å². The van der Waals surface area contributed by atoms with E-state index in [1.807, 2.05) is 12.1 Å². The lowest BCUT2D eigenvalue weighted by Crippen LogP contribution is -2.41. The fourth-order valence-corrected chi connectivity index (χ4v) is 2.05. The highest BCUT2D eigenvalue weighted by atomic mass is 16.5. The first-order valence-corrected chi connectivity index (χ1v) is 7.39. The van der Waals surface area contributed by atoms with E-state index in [1.54, 1.807) is 31.4 Å². The summed E-state index contributed by atoms with van der Waals surface area (Å²) in [4.78, 5) is 23.6. The molecule has 1 heterocycles. The molecule has 128 valence electrons. The monoisotopic (exact) mass is 332 g/mol. The molecule has 0 aliphatic carbocycles. The maximum atomic E-state index is 11.8. The molecule has 2 N–H and O–H groups in total. The van der Waals surface area contributed by atoms with E-state index in [4.69, 9.17) is 13.9 Å². The number of furan rings is 1. The van der Waals surface area contributed by atoms with Gasteiger partial charge in [-0.2, -0.15) is 0 Å². The van der Waals surface area contributed by atoms with Gasteiger partial charge in [0.05, 0.1) is 19.9 Å². The zero-order chi connectivity index (χ0) is 17.4. The summed E-state index contributed by atoms with van der Waals surface area (Å²) in [5.41, 5.74) is 0.863. The van der Waals surface area contributed by atoms with Gasteiger partial charge in [-0.1, -0.05) is 12.1 Å². The highest BCUT2D eigenvalue weighted by Gasteiger charge is 2.18. The lowest BCUT2D eigenvalue weighted by atomic mass is 10.2. The Hall–Kier alpha value is -2.80. The van der Waals surface area contributed by atoms with Crippen LogP contribution in [0.2, 0.25) is 0 Å². The van der Waals surface area contributed by atoms with Crippen molar-refractivity contribution in [2.75, 3.05) is 20.8 Å². The van der Waals surface area contributed by atoms with Crippen LogP contribution in [0, 0.1) is 0 Å². The van der Waals surface area contributed by atoms with E-state index >= 15 is 0 Å². The highest BCUT2D eigenvalue weighted by Crippen LogP contribution is 2.15. The van der Waals surface area contributed by atoms with Crippen molar-refractivity contribution in [2.45, 2.75) is 12.6 Å². The van der Waals surface area contributed by atoms with Crippen molar-refractivity contribution in [1.82, 2.24) is 10.6 Å². The minimum absolute atomic E-state index is 0.138. The van der Waals surface area contributed by atoms with Crippen molar-refractivity contribution in [1.29, 1.82) is 0 Å². The summed E-state index contributed by atoms with van der Waals surface area (Å²) >= 11 is 0. The smallest absolute Gasteiger partial charge is 0.309 e. The lowest BCUT2D eigenvalue weighted by Gasteiger charge is -2.13. The lowest BCUT2D eigenvalue weighted by molar-refractivity contribution is -0.139. The van der Waals surface area contributed by atoms with Crippen molar-refractivity contribution in [2.24, 2.45) is 0 Å². The molecule has 0 aliphatic rings. The molecule has 2 rings (SSSR count). The van der Waals surface area contributed by atoms with Crippen LogP contribution in [0.15, 0.2) is 47.1 Å². The Morgan fingerprint density at radius 3 is 2.38 bits per heavy atom. The Balaban J connectivity index is 1.78. The van der Waals surface area contributed by atoms with E-state index < -0.39 is 17.9 Å². The van der Waals surface area contributed by atoms with E-state index in [9.17, 15) is 9.59 Å². The van der Waals surface area contributed by atoms with E-state index in [0.717, 1.165) is 11.3 Å². The van der Waals surface area contributed by atoms with Gasteiger partial charge in [0.1, 0.15) is 17.6 Å². The average Bonchev–Trinajstić information content (AvgIpc) is 3.15. The van der Waals surface area contributed by atoms with Gasteiger partial charge in [-0.3, -0.25) is 9.59 Å². The molecule has 0 fully saturated rings. The van der Waals surface area contributed by atoms with Crippen LogP contribution < -0.4 is 15.4 Å². The summed E-state index contributed by atoms with van der Waals surface area (Å²) in [6.45, 7) is 0.390. The van der Waals surface area contributed by atoms with Gasteiger partial charge in [0.25, 0.3) is 0 Å². The summed E-state index contributed by atoms with van der Waals surface area (Å²) in [6, 6.07) is 10.7. The second-order valence-electron chi connectivity index (χ2n) is 4.98. The molecule has 0 aliphatic heterocycles. The van der Waals surface area contributed by atoms with Crippen LogP contribution in [-0.4, -0.2) is 32.6 Å². The number of hydrogen-bond acceptors (Lipinski definition) is 5. The minimum Gasteiger partial charge on any atom is -0.497 e. The first kappa shape index (κ1) is 17.6. The zero-order valence-corrected chi connectivity index (χ0v) is 13.6. The number of benzene rings is 1. The van der Waals surface area contributed by atoms with Crippen molar-refractivity contribution >= 4 is 11.8 Å². The molecular weight excluding hydrogens is 312 g/mol. The molecule has 0 saturated heterocycles. The number of carbonyl (C=O) groups excluding carboxylic acids is 2. The maximum Gasteiger partial charge on any atom is 0.309 e. The van der Waals surface area contributed by atoms with Crippen LogP contribution in [0.1, 0.15) is 17.4 Å². The van der Waals surface area contributed by atoms with Crippen molar-refractivity contribution in [3.63, 3.8) is 0 Å². The van der Waals surface area contributed by atoms with Gasteiger partial charge in [-0.15, -0.1) is 0 Å². The summed E-state index contributed by atoms with van der Waals surface area (Å²) in [6.07, 6.45) is 1.07. The van der Waals surface area contributed by atoms with Gasteiger partial charge in [0.15, 0.2) is 0 Å². The van der Waals surface area contributed by atoms with Gasteiger partial charge < -0.3 is 24.5 Å². The molecule has 1 unspecified atom stereocenters. The van der Waals surface area contributed by atoms with Crippen LogP contribution in [0.4, 0.5) is 0 Å². The number of ether oxygens (including phenoxy) is 2. The normalized spacial score (nSPS) is 11.6.